The molecule has 0 aliphatic rings. The minimum atomic E-state index is -1.21. The quantitative estimate of drug-likeness (QED) is 0.835. The molecule has 1 heterocycles. The number of aromatic nitrogens is 2. The average Bonchev–Trinajstić information content (AvgIpc) is 2.28. The number of carbonyl (C=O) groups is 1. The molecule has 0 saturated carbocycles. The predicted molar refractivity (Wildman–Crippen MR) is 59.4 cm³/mol. The van der Waals surface area contributed by atoms with Crippen LogP contribution >= 0.6 is 11.6 Å². The van der Waals surface area contributed by atoms with Gasteiger partial charge in [0.1, 0.15) is 17.3 Å². The standard InChI is InChI=1S/C11H6ClFN2O2/c12-10-9(4-14-5-15-10)6-1-7(11(16)17)3-8(13)2-6/h1-5H,(H,16,17). The van der Waals surface area contributed by atoms with Crippen molar-refractivity contribution < 1.29 is 14.3 Å². The van der Waals surface area contributed by atoms with E-state index in [1.165, 1.54) is 24.7 Å². The second-order valence-electron chi connectivity index (χ2n) is 3.26. The summed E-state index contributed by atoms with van der Waals surface area (Å²) >= 11 is 5.82. The Bertz CT molecular complexity index is 589. The summed E-state index contributed by atoms with van der Waals surface area (Å²) < 4.78 is 13.3. The summed E-state index contributed by atoms with van der Waals surface area (Å²) in [6, 6.07) is 3.43. The Balaban J connectivity index is 2.60. The Labute approximate surface area is 101 Å². The first-order chi connectivity index (χ1) is 8.08. The molecule has 1 aromatic heterocycles. The molecular formula is C11H6ClFN2O2. The van der Waals surface area contributed by atoms with Crippen LogP contribution in [0.1, 0.15) is 10.4 Å². The van der Waals surface area contributed by atoms with Gasteiger partial charge in [-0.1, -0.05) is 11.6 Å². The number of hydrogen-bond acceptors (Lipinski definition) is 3. The summed E-state index contributed by atoms with van der Waals surface area (Å²) in [7, 11) is 0. The number of halogens is 2. The van der Waals surface area contributed by atoms with E-state index in [0.29, 0.717) is 11.1 Å². The highest BCUT2D eigenvalue weighted by Gasteiger charge is 2.11. The lowest BCUT2D eigenvalue weighted by atomic mass is 10.1. The van der Waals surface area contributed by atoms with Gasteiger partial charge in [-0.15, -0.1) is 0 Å². The maximum Gasteiger partial charge on any atom is 0.335 e. The van der Waals surface area contributed by atoms with E-state index in [1.54, 1.807) is 0 Å². The van der Waals surface area contributed by atoms with Gasteiger partial charge in [0.05, 0.1) is 5.56 Å². The van der Waals surface area contributed by atoms with Crippen LogP contribution in [0.5, 0.6) is 0 Å². The van der Waals surface area contributed by atoms with Crippen molar-refractivity contribution in [2.24, 2.45) is 0 Å². The van der Waals surface area contributed by atoms with E-state index in [1.807, 2.05) is 0 Å². The maximum absolute atomic E-state index is 13.3. The number of hydrogen-bond donors (Lipinski definition) is 1. The van der Waals surface area contributed by atoms with Crippen molar-refractivity contribution in [3.8, 4) is 11.1 Å². The number of carboxylic acids is 1. The van der Waals surface area contributed by atoms with Gasteiger partial charge in [0.25, 0.3) is 0 Å². The van der Waals surface area contributed by atoms with E-state index in [4.69, 9.17) is 16.7 Å². The predicted octanol–water partition coefficient (Wildman–Crippen LogP) is 2.63. The van der Waals surface area contributed by atoms with Crippen LogP contribution in [-0.4, -0.2) is 21.0 Å². The summed E-state index contributed by atoms with van der Waals surface area (Å²) in [6.07, 6.45) is 2.65. The van der Waals surface area contributed by atoms with Gasteiger partial charge in [0, 0.05) is 11.8 Å². The molecule has 0 amide bonds. The van der Waals surface area contributed by atoms with Crippen molar-refractivity contribution in [1.82, 2.24) is 9.97 Å². The fourth-order valence-electron chi connectivity index (χ4n) is 1.38. The van der Waals surface area contributed by atoms with Crippen LogP contribution in [0.3, 0.4) is 0 Å². The lowest BCUT2D eigenvalue weighted by Gasteiger charge is -2.04. The molecule has 2 aromatic rings. The van der Waals surface area contributed by atoms with Crippen molar-refractivity contribution in [2.75, 3.05) is 0 Å². The van der Waals surface area contributed by atoms with Crippen LogP contribution in [0, 0.1) is 5.82 Å². The Morgan fingerprint density at radius 3 is 2.76 bits per heavy atom. The molecule has 0 aliphatic heterocycles. The van der Waals surface area contributed by atoms with Crippen molar-refractivity contribution in [3.63, 3.8) is 0 Å². The number of rotatable bonds is 2. The lowest BCUT2D eigenvalue weighted by Crippen LogP contribution is -1.98. The van der Waals surface area contributed by atoms with E-state index >= 15 is 0 Å². The molecule has 0 bridgehead atoms. The van der Waals surface area contributed by atoms with Crippen LogP contribution in [0.25, 0.3) is 11.1 Å². The normalized spacial score (nSPS) is 10.2. The molecule has 0 aliphatic carbocycles. The second-order valence-corrected chi connectivity index (χ2v) is 3.62. The molecular weight excluding hydrogens is 247 g/mol. The Kier molecular flexibility index (Phi) is 3.01. The minimum absolute atomic E-state index is 0.141. The van der Waals surface area contributed by atoms with Crippen LogP contribution in [0.2, 0.25) is 5.15 Å². The van der Waals surface area contributed by atoms with E-state index in [-0.39, 0.29) is 10.7 Å². The van der Waals surface area contributed by atoms with Gasteiger partial charge in [-0.2, -0.15) is 0 Å². The number of aromatic carboxylic acids is 1. The molecule has 2 rings (SSSR count). The summed E-state index contributed by atoms with van der Waals surface area (Å²) in [4.78, 5) is 18.3. The Morgan fingerprint density at radius 2 is 2.12 bits per heavy atom. The van der Waals surface area contributed by atoms with Crippen LogP contribution < -0.4 is 0 Å². The van der Waals surface area contributed by atoms with E-state index in [9.17, 15) is 9.18 Å². The van der Waals surface area contributed by atoms with E-state index in [2.05, 4.69) is 9.97 Å². The fraction of sp³-hybridized carbons (Fsp3) is 0. The average molecular weight is 253 g/mol. The van der Waals surface area contributed by atoms with Crippen molar-refractivity contribution >= 4 is 17.6 Å². The van der Waals surface area contributed by atoms with Gasteiger partial charge in [-0.05, 0) is 23.8 Å². The smallest absolute Gasteiger partial charge is 0.335 e. The Morgan fingerprint density at radius 1 is 1.35 bits per heavy atom. The molecule has 1 aromatic carbocycles. The third-order valence-corrected chi connectivity index (χ3v) is 2.42. The zero-order valence-corrected chi connectivity index (χ0v) is 9.15. The van der Waals surface area contributed by atoms with Gasteiger partial charge in [-0.3, -0.25) is 0 Å². The SMILES string of the molecule is O=C(O)c1cc(F)cc(-c2cncnc2Cl)c1. The molecule has 0 spiro atoms. The van der Waals surface area contributed by atoms with E-state index < -0.39 is 11.8 Å². The first-order valence-electron chi connectivity index (χ1n) is 4.57. The molecule has 4 nitrogen and oxygen atoms in total. The molecule has 86 valence electrons. The molecule has 0 atom stereocenters. The van der Waals surface area contributed by atoms with E-state index in [0.717, 1.165) is 6.07 Å². The topological polar surface area (TPSA) is 63.1 Å². The third-order valence-electron chi connectivity index (χ3n) is 2.12. The highest BCUT2D eigenvalue weighted by atomic mass is 35.5. The number of benzene rings is 1. The van der Waals surface area contributed by atoms with Crippen molar-refractivity contribution in [1.29, 1.82) is 0 Å². The van der Waals surface area contributed by atoms with Gasteiger partial charge in [0.2, 0.25) is 0 Å². The summed E-state index contributed by atoms with van der Waals surface area (Å²) in [6.45, 7) is 0. The van der Waals surface area contributed by atoms with Crippen molar-refractivity contribution in [2.45, 2.75) is 0 Å². The monoisotopic (exact) mass is 252 g/mol. The molecule has 6 heteroatoms. The molecule has 17 heavy (non-hydrogen) atoms. The van der Waals surface area contributed by atoms with Gasteiger partial charge >= 0.3 is 5.97 Å². The van der Waals surface area contributed by atoms with Gasteiger partial charge in [0.15, 0.2) is 0 Å². The minimum Gasteiger partial charge on any atom is -0.478 e. The van der Waals surface area contributed by atoms with Gasteiger partial charge in [-0.25, -0.2) is 19.2 Å². The molecule has 0 fully saturated rings. The largest absolute Gasteiger partial charge is 0.478 e. The van der Waals surface area contributed by atoms with Crippen LogP contribution in [-0.2, 0) is 0 Å². The molecule has 0 saturated heterocycles. The fourth-order valence-corrected chi connectivity index (χ4v) is 1.58. The van der Waals surface area contributed by atoms with Crippen LogP contribution in [0.15, 0.2) is 30.7 Å². The van der Waals surface area contributed by atoms with Crippen molar-refractivity contribution in [3.05, 3.63) is 47.3 Å². The summed E-state index contributed by atoms with van der Waals surface area (Å²) in [5.74, 6) is -1.86. The lowest BCUT2D eigenvalue weighted by molar-refractivity contribution is 0.0696. The summed E-state index contributed by atoms with van der Waals surface area (Å²) in [5.41, 5.74) is 0.559. The first kappa shape index (κ1) is 11.5. The van der Waals surface area contributed by atoms with Crippen LogP contribution in [0.4, 0.5) is 4.39 Å². The highest BCUT2D eigenvalue weighted by molar-refractivity contribution is 6.32. The second kappa shape index (κ2) is 4.47. The zero-order chi connectivity index (χ0) is 12.4. The maximum atomic E-state index is 13.3. The Hall–Kier alpha value is -2.01. The first-order valence-corrected chi connectivity index (χ1v) is 4.95. The molecule has 0 radical (unpaired) electrons. The zero-order valence-electron chi connectivity index (χ0n) is 8.39. The number of carboxylic acid groups (broad SMARTS) is 1. The third kappa shape index (κ3) is 2.39. The van der Waals surface area contributed by atoms with Gasteiger partial charge < -0.3 is 5.11 Å². The summed E-state index contributed by atoms with van der Waals surface area (Å²) in [5, 5.41) is 8.96. The molecule has 1 N–H and O–H groups in total. The highest BCUT2D eigenvalue weighted by Crippen LogP contribution is 2.26. The molecule has 0 unspecified atom stereocenters. The number of nitrogens with zero attached hydrogens (tertiary/aromatic N) is 2.